The summed E-state index contributed by atoms with van der Waals surface area (Å²) in [6.07, 6.45) is 16.1. The zero-order chi connectivity index (χ0) is 25.0. The lowest BCUT2D eigenvalue weighted by Gasteiger charge is -2.30. The molecule has 0 radical (unpaired) electrons. The Kier molecular flexibility index (Phi) is 11.8. The molecule has 0 spiro atoms. The molecule has 0 fully saturated rings. The number of carbonyl (C=O) groups is 1. The normalized spacial score (nSPS) is 20.0. The van der Waals surface area contributed by atoms with E-state index in [4.69, 9.17) is 22.1 Å². The zero-order valence-corrected chi connectivity index (χ0v) is 21.6. The van der Waals surface area contributed by atoms with Crippen molar-refractivity contribution in [2.24, 2.45) is 11.7 Å². The van der Waals surface area contributed by atoms with Crippen LogP contribution < -0.4 is 5.73 Å². The molecule has 0 aromatic heterocycles. The number of halogens is 1. The lowest BCUT2D eigenvalue weighted by molar-refractivity contribution is -0.131. The minimum absolute atomic E-state index is 0.117. The van der Waals surface area contributed by atoms with Crippen LogP contribution in [0.5, 0.6) is 0 Å². The predicted molar refractivity (Wildman–Crippen MR) is 142 cm³/mol. The topological polar surface area (TPSA) is 72.5 Å². The number of aliphatic carboxylic acids is 1. The van der Waals surface area contributed by atoms with Crippen LogP contribution in [0.1, 0.15) is 77.7 Å². The molecule has 3 N–H and O–H groups in total. The van der Waals surface area contributed by atoms with Gasteiger partial charge in [0.2, 0.25) is 0 Å². The van der Waals surface area contributed by atoms with Gasteiger partial charge in [-0.25, -0.2) is 4.79 Å². The van der Waals surface area contributed by atoms with E-state index in [-0.39, 0.29) is 11.0 Å². The van der Waals surface area contributed by atoms with Crippen LogP contribution in [0.4, 0.5) is 0 Å². The maximum Gasteiger partial charge on any atom is 0.347 e. The second-order valence-corrected chi connectivity index (χ2v) is 9.46. The Morgan fingerprint density at radius 3 is 2.44 bits per heavy atom. The third-order valence-electron chi connectivity index (χ3n) is 6.30. The van der Waals surface area contributed by atoms with Gasteiger partial charge in [0.05, 0.1) is 0 Å². The van der Waals surface area contributed by atoms with Crippen LogP contribution in [0, 0.1) is 5.92 Å². The number of rotatable bonds is 14. The number of nitrogens with two attached hydrogens (primary N) is 1. The smallest absolute Gasteiger partial charge is 0.347 e. The van der Waals surface area contributed by atoms with Gasteiger partial charge in [0, 0.05) is 18.6 Å². The Hall–Kier alpha value is -2.14. The summed E-state index contributed by atoms with van der Waals surface area (Å²) in [5.41, 5.74) is 8.80. The second-order valence-electron chi connectivity index (χ2n) is 9.08. The van der Waals surface area contributed by atoms with E-state index in [1.807, 2.05) is 54.6 Å². The molecule has 0 amide bonds. The first-order valence-corrected chi connectivity index (χ1v) is 12.9. The molecule has 0 saturated heterocycles. The fourth-order valence-electron chi connectivity index (χ4n) is 4.01. The first-order valence-electron chi connectivity index (χ1n) is 12.5. The van der Waals surface area contributed by atoms with Crippen LogP contribution in [0.3, 0.4) is 0 Å². The highest BCUT2D eigenvalue weighted by molar-refractivity contribution is 6.42. The number of benzene rings is 1. The van der Waals surface area contributed by atoms with Gasteiger partial charge in [-0.1, -0.05) is 113 Å². The fraction of sp³-hybridized carbons (Fsp3) is 0.483. The van der Waals surface area contributed by atoms with Crippen molar-refractivity contribution in [1.29, 1.82) is 0 Å². The predicted octanol–water partition coefficient (Wildman–Crippen LogP) is 7.61. The monoisotopic (exact) mass is 485 g/mol. The molecule has 0 saturated carbocycles. The molecule has 0 bridgehead atoms. The van der Waals surface area contributed by atoms with E-state index in [2.05, 4.69) is 20.8 Å². The summed E-state index contributed by atoms with van der Waals surface area (Å²) in [5, 5.41) is 9.57. The van der Waals surface area contributed by atoms with E-state index in [1.165, 1.54) is 25.7 Å². The third kappa shape index (κ3) is 8.57. The van der Waals surface area contributed by atoms with Gasteiger partial charge in [0.1, 0.15) is 10.8 Å². The van der Waals surface area contributed by atoms with Gasteiger partial charge in [-0.15, -0.1) is 0 Å². The van der Waals surface area contributed by atoms with Crippen LogP contribution in [-0.4, -0.2) is 23.4 Å². The Bertz CT molecular complexity index is 917. The van der Waals surface area contributed by atoms with Gasteiger partial charge in [0.15, 0.2) is 0 Å². The first kappa shape index (κ1) is 28.1. The molecule has 2 atom stereocenters. The molecule has 1 aliphatic carbocycles. The van der Waals surface area contributed by atoms with Gasteiger partial charge < -0.3 is 9.84 Å². The Balaban J connectivity index is 2.22. The van der Waals surface area contributed by atoms with Gasteiger partial charge in [-0.2, -0.15) is 0 Å². The molecule has 1 aromatic rings. The van der Waals surface area contributed by atoms with E-state index in [0.717, 1.165) is 36.0 Å². The van der Waals surface area contributed by atoms with Gasteiger partial charge >= 0.3 is 5.97 Å². The number of carboxylic acid groups (broad SMARTS) is 1. The largest absolute Gasteiger partial charge is 0.477 e. The Morgan fingerprint density at radius 1 is 1.18 bits per heavy atom. The molecule has 0 aliphatic heterocycles. The number of hydrogen-bond acceptors (Lipinski definition) is 3. The summed E-state index contributed by atoms with van der Waals surface area (Å²) in [7, 11) is 0. The summed E-state index contributed by atoms with van der Waals surface area (Å²) < 4.78 is 6.00. The second kappa shape index (κ2) is 14.3. The van der Waals surface area contributed by atoms with Crippen molar-refractivity contribution in [2.75, 3.05) is 6.61 Å². The lowest BCUT2D eigenvalue weighted by Crippen LogP contribution is -2.41. The summed E-state index contributed by atoms with van der Waals surface area (Å²) in [4.78, 5) is 11.9. The number of carboxylic acids is 1. The SMILES string of the molecule is CCCCCCCCOC1(N)C=CC(C(C(=Cc2ccccc2)C(C)CC)=C(Cl)C(=O)O)=CC1. The Labute approximate surface area is 210 Å². The fourth-order valence-corrected chi connectivity index (χ4v) is 4.23. The summed E-state index contributed by atoms with van der Waals surface area (Å²) in [6, 6.07) is 9.89. The third-order valence-corrected chi connectivity index (χ3v) is 6.65. The number of ether oxygens (including phenoxy) is 1. The van der Waals surface area contributed by atoms with Gasteiger partial charge in [-0.3, -0.25) is 5.73 Å². The molecule has 2 rings (SSSR count). The van der Waals surface area contributed by atoms with Gasteiger partial charge in [0.25, 0.3) is 0 Å². The van der Waals surface area contributed by atoms with E-state index < -0.39 is 11.7 Å². The molecule has 2 unspecified atom stereocenters. The summed E-state index contributed by atoms with van der Waals surface area (Å²) in [5.74, 6) is -1.02. The van der Waals surface area contributed by atoms with Crippen molar-refractivity contribution in [3.8, 4) is 0 Å². The van der Waals surface area contributed by atoms with Crippen molar-refractivity contribution >= 4 is 23.6 Å². The van der Waals surface area contributed by atoms with Crippen molar-refractivity contribution < 1.29 is 14.6 Å². The van der Waals surface area contributed by atoms with E-state index in [1.54, 1.807) is 0 Å². The Morgan fingerprint density at radius 2 is 1.85 bits per heavy atom. The maximum atomic E-state index is 11.9. The minimum atomic E-state index is -1.14. The number of unbranched alkanes of at least 4 members (excludes halogenated alkanes) is 5. The molecular formula is C29H40ClNO3. The molecule has 4 nitrogen and oxygen atoms in total. The number of allylic oxidation sites excluding steroid dienone is 4. The standard InChI is InChI=1S/C29H40ClNO3/c1-4-6-7-8-9-13-20-34-29(31)18-16-24(17-19-29)26(27(30)28(32)33)25(22(3)5-2)21-23-14-11-10-12-15-23/h10-12,14-18,21-22H,4-9,13,19-20,31H2,1-3H3,(H,32,33). The van der Waals surface area contributed by atoms with Crippen LogP contribution in [-0.2, 0) is 9.53 Å². The maximum absolute atomic E-state index is 11.9. The van der Waals surface area contributed by atoms with E-state index >= 15 is 0 Å². The molecule has 1 aliphatic rings. The molecule has 34 heavy (non-hydrogen) atoms. The van der Waals surface area contributed by atoms with Crippen molar-refractivity contribution in [2.45, 2.75) is 77.9 Å². The van der Waals surface area contributed by atoms with Crippen LogP contribution in [0.25, 0.3) is 6.08 Å². The molecule has 1 aromatic carbocycles. The molecule has 186 valence electrons. The number of hydrogen-bond donors (Lipinski definition) is 2. The molecule has 5 heteroatoms. The van der Waals surface area contributed by atoms with Crippen molar-refractivity contribution in [3.05, 3.63) is 75.9 Å². The van der Waals surface area contributed by atoms with Gasteiger partial charge in [-0.05, 0) is 41.5 Å². The highest BCUT2D eigenvalue weighted by Gasteiger charge is 2.28. The highest BCUT2D eigenvalue weighted by Crippen LogP contribution is 2.37. The van der Waals surface area contributed by atoms with E-state index in [9.17, 15) is 9.90 Å². The van der Waals surface area contributed by atoms with Crippen LogP contribution >= 0.6 is 11.6 Å². The average molecular weight is 486 g/mol. The minimum Gasteiger partial charge on any atom is -0.477 e. The summed E-state index contributed by atoms with van der Waals surface area (Å²) >= 11 is 6.40. The van der Waals surface area contributed by atoms with Crippen molar-refractivity contribution in [3.63, 3.8) is 0 Å². The average Bonchev–Trinajstić information content (AvgIpc) is 2.84. The zero-order valence-electron chi connectivity index (χ0n) is 20.9. The molecular weight excluding hydrogens is 446 g/mol. The van der Waals surface area contributed by atoms with Crippen LogP contribution in [0.2, 0.25) is 0 Å². The van der Waals surface area contributed by atoms with E-state index in [0.29, 0.717) is 18.6 Å². The lowest BCUT2D eigenvalue weighted by atomic mass is 9.83. The highest BCUT2D eigenvalue weighted by atomic mass is 35.5. The van der Waals surface area contributed by atoms with Crippen molar-refractivity contribution in [1.82, 2.24) is 0 Å². The molecule has 0 heterocycles. The first-order chi connectivity index (χ1) is 16.3. The quantitative estimate of drug-likeness (QED) is 0.123. The summed E-state index contributed by atoms with van der Waals surface area (Å²) in [6.45, 7) is 7.00. The van der Waals surface area contributed by atoms with Crippen LogP contribution in [0.15, 0.2) is 70.3 Å².